The van der Waals surface area contributed by atoms with Crippen molar-refractivity contribution in [2.24, 2.45) is 0 Å². The molecule has 4 aliphatic rings. The summed E-state index contributed by atoms with van der Waals surface area (Å²) in [7, 11) is 0. The number of unbranched alkanes of at least 4 members (excludes halogenated alkanes) is 18. The molecule has 8 rings (SSSR count). The Kier molecular flexibility index (Phi) is 25.5. The van der Waals surface area contributed by atoms with Crippen LogP contribution in [0, 0.1) is 0 Å². The molecule has 4 aliphatic heterocycles. The van der Waals surface area contributed by atoms with Crippen molar-refractivity contribution in [1.82, 2.24) is 0 Å². The molecule has 0 atom stereocenters. The molecule has 0 spiro atoms. The maximum Gasteiger partial charge on any atom is 0.127 e. The van der Waals surface area contributed by atoms with Crippen LogP contribution in [0.4, 0.5) is 0 Å². The number of benzene rings is 4. The highest BCUT2D eigenvalue weighted by molar-refractivity contribution is 8.34. The summed E-state index contributed by atoms with van der Waals surface area (Å²) in [6.45, 7) is 6.03. The minimum absolute atomic E-state index is 0.705. The van der Waals surface area contributed by atoms with Gasteiger partial charge in [-0.25, -0.2) is 0 Å². The van der Waals surface area contributed by atoms with E-state index < -0.39 is 0 Å². The second-order valence-corrected chi connectivity index (χ2v) is 27.6. The first-order valence-corrected chi connectivity index (χ1v) is 34.2. The van der Waals surface area contributed by atoms with Crippen molar-refractivity contribution >= 4 is 128 Å². The lowest BCUT2D eigenvalue weighted by atomic mass is 9.90. The molecule has 4 aromatic rings. The van der Waals surface area contributed by atoms with Gasteiger partial charge in [0.1, 0.15) is 11.5 Å². The molecule has 390 valence electrons. The summed E-state index contributed by atoms with van der Waals surface area (Å²) in [6.07, 6.45) is 43.8. The van der Waals surface area contributed by atoms with Gasteiger partial charge in [-0.1, -0.05) is 284 Å². The Morgan fingerprint density at radius 2 is 0.865 bits per heavy atom. The second-order valence-electron chi connectivity index (χ2n) is 19.0. The molecule has 0 aliphatic carbocycles. The van der Waals surface area contributed by atoms with Gasteiger partial charge in [0.15, 0.2) is 0 Å². The second kappa shape index (κ2) is 32.8. The number of hydrogen-bond donors (Lipinski definition) is 0. The molecule has 4 aromatic carbocycles. The average Bonchev–Trinajstić information content (AvgIpc) is 4.30. The molecular formula is C64H74O2S8. The number of ether oxygens (including phenoxy) is 2. The van der Waals surface area contributed by atoms with E-state index in [2.05, 4.69) is 156 Å². The van der Waals surface area contributed by atoms with Crippen molar-refractivity contribution in [3.05, 3.63) is 167 Å². The molecule has 0 bridgehead atoms. The fourth-order valence-electron chi connectivity index (χ4n) is 9.23. The fourth-order valence-corrected chi connectivity index (χ4v) is 18.0. The van der Waals surface area contributed by atoms with E-state index in [1.54, 1.807) is 0 Å². The van der Waals surface area contributed by atoms with Crippen LogP contribution >= 0.6 is 94.1 Å². The zero-order valence-electron chi connectivity index (χ0n) is 43.5. The lowest BCUT2D eigenvalue weighted by Gasteiger charge is -2.18. The van der Waals surface area contributed by atoms with Gasteiger partial charge in [-0.15, -0.1) is 0 Å². The van der Waals surface area contributed by atoms with Crippen molar-refractivity contribution in [3.8, 4) is 22.6 Å². The Morgan fingerprint density at radius 1 is 0.392 bits per heavy atom. The molecule has 10 heteroatoms. The van der Waals surface area contributed by atoms with Gasteiger partial charge < -0.3 is 9.47 Å². The summed E-state index contributed by atoms with van der Waals surface area (Å²) in [4.78, 5) is 2.56. The van der Waals surface area contributed by atoms with E-state index in [0.717, 1.165) is 42.1 Å². The topological polar surface area (TPSA) is 18.5 Å². The van der Waals surface area contributed by atoms with Crippen LogP contribution in [-0.4, -0.2) is 13.2 Å². The van der Waals surface area contributed by atoms with E-state index in [1.165, 1.54) is 175 Å². The van der Waals surface area contributed by atoms with Crippen LogP contribution in [-0.2, 0) is 0 Å². The summed E-state index contributed by atoms with van der Waals surface area (Å²) in [5.74, 6) is 1.88. The number of hydrogen-bond acceptors (Lipinski definition) is 10. The van der Waals surface area contributed by atoms with E-state index in [1.807, 2.05) is 94.1 Å². The molecule has 0 unspecified atom stereocenters. The molecular weight excluding hydrogens is 1060 g/mol. The van der Waals surface area contributed by atoms with Gasteiger partial charge in [-0.2, -0.15) is 0 Å². The molecule has 74 heavy (non-hydrogen) atoms. The standard InChI is InChI=1S/C64H74O2S8/c1-3-5-7-9-11-13-15-17-19-25-37-65-53-34-32-52-44-50(28-22-24-30-55-48-72-64(74-55)62-69-41-42-70-62)45-58(57(52)46-53)60-56-35-31-49(27-21-23-29-54-47-71-63(73-54)61-67-39-40-68-61)43-51(56)33-36-59(60)66-38-26-20-18-16-14-12-10-8-6-4-2/h21-24,27-36,39-48H,3-20,25-26,37-38H2,1-2H3/b27-21+,28-22+,29-23+,30-24+. The largest absolute Gasteiger partial charge is 0.494 e. The highest BCUT2D eigenvalue weighted by atomic mass is 32.2. The van der Waals surface area contributed by atoms with Gasteiger partial charge in [-0.05, 0) is 132 Å². The Morgan fingerprint density at radius 3 is 1.43 bits per heavy atom. The first-order valence-electron chi connectivity index (χ1n) is 27.3. The monoisotopic (exact) mass is 1130 g/mol. The molecule has 0 aromatic heterocycles. The van der Waals surface area contributed by atoms with Gasteiger partial charge >= 0.3 is 0 Å². The minimum Gasteiger partial charge on any atom is -0.494 e. The van der Waals surface area contributed by atoms with Crippen molar-refractivity contribution in [3.63, 3.8) is 0 Å². The Balaban J connectivity index is 1.03. The number of rotatable bonds is 31. The molecule has 2 nitrogen and oxygen atoms in total. The third kappa shape index (κ3) is 18.4. The molecule has 0 N–H and O–H groups in total. The molecule has 0 radical (unpaired) electrons. The van der Waals surface area contributed by atoms with Crippen molar-refractivity contribution in [2.75, 3.05) is 13.2 Å². The zero-order chi connectivity index (χ0) is 50.8. The maximum absolute atomic E-state index is 6.91. The lowest BCUT2D eigenvalue weighted by Crippen LogP contribution is -2.00. The van der Waals surface area contributed by atoms with E-state index in [0.29, 0.717) is 6.61 Å². The van der Waals surface area contributed by atoms with E-state index in [9.17, 15) is 0 Å². The summed E-state index contributed by atoms with van der Waals surface area (Å²) in [6, 6.07) is 22.8. The molecule has 0 saturated carbocycles. The van der Waals surface area contributed by atoms with Crippen LogP contribution < -0.4 is 9.47 Å². The maximum atomic E-state index is 6.91. The SMILES string of the molecule is CCCCCCCCCCCCOc1ccc2cc(/C=C/C=C/C3=CSC(=C4SC=CS4)S3)cc(-c3c(OCCCCCCCCCCCC)ccc4cc(/C=C/C=C/C5=CSC(=C6SC=CS6)S5)ccc34)c2c1. The van der Waals surface area contributed by atoms with Crippen LogP contribution in [0.5, 0.6) is 11.5 Å². The summed E-state index contributed by atoms with van der Waals surface area (Å²) < 4.78 is 19.0. The minimum atomic E-state index is 0.705. The first-order chi connectivity index (χ1) is 36.6. The summed E-state index contributed by atoms with van der Waals surface area (Å²) >= 11 is 14.7. The van der Waals surface area contributed by atoms with E-state index in [4.69, 9.17) is 9.47 Å². The van der Waals surface area contributed by atoms with Crippen molar-refractivity contribution in [2.45, 2.75) is 142 Å². The zero-order valence-corrected chi connectivity index (χ0v) is 50.0. The third-order valence-electron chi connectivity index (χ3n) is 13.2. The van der Waals surface area contributed by atoms with Gasteiger partial charge in [0.2, 0.25) is 0 Å². The van der Waals surface area contributed by atoms with Crippen LogP contribution in [0.3, 0.4) is 0 Å². The van der Waals surface area contributed by atoms with Crippen LogP contribution in [0.1, 0.15) is 153 Å². The van der Waals surface area contributed by atoms with Gasteiger partial charge in [-0.3, -0.25) is 0 Å². The van der Waals surface area contributed by atoms with E-state index >= 15 is 0 Å². The molecule has 0 fully saturated rings. The lowest BCUT2D eigenvalue weighted by molar-refractivity contribution is 0.304. The highest BCUT2D eigenvalue weighted by Crippen LogP contribution is 2.54. The Bertz CT molecular complexity index is 2770. The van der Waals surface area contributed by atoms with Crippen molar-refractivity contribution in [1.29, 1.82) is 0 Å². The first kappa shape index (κ1) is 57.4. The van der Waals surface area contributed by atoms with Crippen molar-refractivity contribution < 1.29 is 9.47 Å². The predicted molar refractivity (Wildman–Crippen MR) is 347 cm³/mol. The quantitative estimate of drug-likeness (QED) is 0.0357. The fraction of sp³-hybridized carbons (Fsp3) is 0.375. The average molecular weight is 1130 g/mol. The Hall–Kier alpha value is -2.80. The number of fused-ring (bicyclic) bond motifs is 2. The predicted octanol–water partition coefficient (Wildman–Crippen LogP) is 24.2. The van der Waals surface area contributed by atoms with Crippen LogP contribution in [0.2, 0.25) is 0 Å². The van der Waals surface area contributed by atoms with Crippen LogP contribution in [0.15, 0.2) is 156 Å². The van der Waals surface area contributed by atoms with Gasteiger partial charge in [0, 0.05) is 15.4 Å². The van der Waals surface area contributed by atoms with E-state index in [-0.39, 0.29) is 0 Å². The van der Waals surface area contributed by atoms with Crippen LogP contribution in [0.25, 0.3) is 44.8 Å². The molecule has 0 saturated heterocycles. The molecule has 4 heterocycles. The summed E-state index contributed by atoms with van der Waals surface area (Å²) in [5, 5.41) is 18.0. The Labute approximate surface area is 478 Å². The summed E-state index contributed by atoms with van der Waals surface area (Å²) in [5.41, 5.74) is 4.65. The number of thioether (sulfide) groups is 8. The van der Waals surface area contributed by atoms with Gasteiger partial charge in [0.05, 0.1) is 30.2 Å². The van der Waals surface area contributed by atoms with Gasteiger partial charge in [0.25, 0.3) is 0 Å². The highest BCUT2D eigenvalue weighted by Gasteiger charge is 2.20. The molecule has 0 amide bonds. The third-order valence-corrected chi connectivity index (χ3v) is 23.2. The smallest absolute Gasteiger partial charge is 0.127 e. The normalized spacial score (nSPS) is 15.9. The number of allylic oxidation sites excluding steroid dienone is 6.